The molecular formula is C80H115NO16. The number of amides is 1. The van der Waals surface area contributed by atoms with Gasteiger partial charge in [0, 0.05) is 29.9 Å². The van der Waals surface area contributed by atoms with Crippen molar-refractivity contribution in [2.45, 2.75) is 193 Å². The normalized spacial score (nSPS) is 13.6. The van der Waals surface area contributed by atoms with Crippen LogP contribution in [0.15, 0.2) is 140 Å². The Kier molecular flexibility index (Phi) is 45.5. The fourth-order valence-electron chi connectivity index (χ4n) is 8.68. The minimum atomic E-state index is -1.05. The smallest absolute Gasteiger partial charge is 0.411 e. The number of ether oxygens (including phenoxy) is 7. The Balaban J connectivity index is 0.000000623. The fraction of sp³-hybridized carbons (Fsp3) is 0.525. The van der Waals surface area contributed by atoms with E-state index >= 15 is 0 Å². The summed E-state index contributed by atoms with van der Waals surface area (Å²) >= 11 is 0. The van der Waals surface area contributed by atoms with Crippen LogP contribution in [0, 0.1) is 41.4 Å². The first kappa shape index (κ1) is 86.7. The number of hydrogen-bond acceptors (Lipinski definition) is 15. The van der Waals surface area contributed by atoms with Crippen LogP contribution in [0.2, 0.25) is 0 Å². The van der Waals surface area contributed by atoms with Crippen LogP contribution in [0.5, 0.6) is 0 Å². The van der Waals surface area contributed by atoms with Gasteiger partial charge in [0.15, 0.2) is 0 Å². The summed E-state index contributed by atoms with van der Waals surface area (Å²) in [6, 6.07) is 45.4. The predicted molar refractivity (Wildman–Crippen MR) is 383 cm³/mol. The maximum atomic E-state index is 12.7. The summed E-state index contributed by atoms with van der Waals surface area (Å²) in [5.74, 6) is -3.10. The molecule has 10 atom stereocenters. The van der Waals surface area contributed by atoms with Crippen LogP contribution >= 0.6 is 0 Å². The van der Waals surface area contributed by atoms with Gasteiger partial charge in [0.1, 0.15) is 0 Å². The monoisotopic (exact) mass is 1350 g/mol. The number of aliphatic carboxylic acids is 1. The first-order valence-corrected chi connectivity index (χ1v) is 34.8. The topological polar surface area (TPSA) is 233 Å². The molecule has 536 valence electrons. The molecule has 0 saturated heterocycles. The zero-order chi connectivity index (χ0) is 72.7. The van der Waals surface area contributed by atoms with E-state index in [1.807, 2.05) is 176 Å². The maximum Gasteiger partial charge on any atom is 0.411 e. The zero-order valence-corrected chi connectivity index (χ0v) is 60.9. The molecule has 17 heteroatoms. The summed E-state index contributed by atoms with van der Waals surface area (Å²) in [6.07, 6.45) is 5.91. The molecule has 5 aromatic rings. The highest BCUT2D eigenvalue weighted by Crippen LogP contribution is 2.25. The van der Waals surface area contributed by atoms with Crippen molar-refractivity contribution in [2.75, 3.05) is 45.1 Å². The first-order valence-electron chi connectivity index (χ1n) is 34.8. The van der Waals surface area contributed by atoms with Gasteiger partial charge in [-0.05, 0) is 95.0 Å². The average molecular weight is 1350 g/mol. The summed E-state index contributed by atoms with van der Waals surface area (Å²) in [7, 11) is 0. The third-order valence-corrected chi connectivity index (χ3v) is 16.9. The van der Waals surface area contributed by atoms with Crippen LogP contribution in [0.1, 0.15) is 218 Å². The number of benzene rings is 5. The highest BCUT2D eigenvalue weighted by atomic mass is 16.7. The summed E-state index contributed by atoms with van der Waals surface area (Å²) in [5, 5.41) is 11.4. The Labute approximate surface area is 579 Å². The van der Waals surface area contributed by atoms with Crippen molar-refractivity contribution in [3.8, 4) is 0 Å². The summed E-state index contributed by atoms with van der Waals surface area (Å²) in [4.78, 5) is 92.9. The molecule has 97 heavy (non-hydrogen) atoms. The molecule has 0 radical (unpaired) electrons. The number of carbonyl (C=O) groups excluding carboxylic acids is 7. The molecule has 0 aliphatic rings. The van der Waals surface area contributed by atoms with Gasteiger partial charge in [-0.25, -0.2) is 9.59 Å². The van der Waals surface area contributed by atoms with Gasteiger partial charge in [-0.1, -0.05) is 252 Å². The standard InChI is InChI=1S/C26H34O4.C14H21NO2.2C14H20O2.C12H20O6/c1-5-19(2)24(26(28)30-18-21(4)23-14-10-7-11-15-23)16-25(27)29-17-20(3)22-12-8-6-9-13-22;1-4-11(3)10-17-14(16)15-13-8-6-12(5-2)7-9-13;1-4-11(2)14(15)16-10-12(3)13-8-6-5-7-9-13;1-4-11(3)10-16-14(15)13-8-6-12(5-2)7-9-13;1-4-8(3)9(6-10(13)14)12(16)18-7-17-11(15)5-2/h6-15,19-21,24H,5,16-18H2,1-4H3;6-9,11H,4-5,10H2,1-3H3,(H,15,16);5-9,11-12H,4,10H2,1-3H3;6-9,11H,4-5,10H2,1-3H3;8-9H,4-7H2,1-3H3,(H,13,14). The third-order valence-electron chi connectivity index (χ3n) is 16.9. The summed E-state index contributed by atoms with van der Waals surface area (Å²) in [5.41, 5.74) is 7.36. The van der Waals surface area contributed by atoms with Crippen molar-refractivity contribution in [1.82, 2.24) is 0 Å². The van der Waals surface area contributed by atoms with Gasteiger partial charge >= 0.3 is 47.9 Å². The van der Waals surface area contributed by atoms with Crippen molar-refractivity contribution in [3.63, 3.8) is 0 Å². The Bertz CT molecular complexity index is 2980. The van der Waals surface area contributed by atoms with E-state index in [9.17, 15) is 38.4 Å². The Morgan fingerprint density at radius 3 is 1.20 bits per heavy atom. The molecule has 1 amide bonds. The number of hydrogen-bond donors (Lipinski definition) is 2. The number of nitrogens with one attached hydrogen (secondary N) is 1. The van der Waals surface area contributed by atoms with Gasteiger partial charge < -0.3 is 38.3 Å². The molecule has 0 saturated carbocycles. The lowest BCUT2D eigenvalue weighted by Crippen LogP contribution is -2.28. The minimum absolute atomic E-state index is 0.00275. The van der Waals surface area contributed by atoms with E-state index in [2.05, 4.69) is 70.7 Å². The molecule has 2 N–H and O–H groups in total. The molecule has 0 aromatic heterocycles. The van der Waals surface area contributed by atoms with E-state index in [0.717, 1.165) is 55.3 Å². The molecule has 0 spiro atoms. The second-order valence-corrected chi connectivity index (χ2v) is 24.9. The van der Waals surface area contributed by atoms with Gasteiger partial charge in [0.25, 0.3) is 0 Å². The zero-order valence-electron chi connectivity index (χ0n) is 60.9. The molecule has 17 nitrogen and oxygen atoms in total. The van der Waals surface area contributed by atoms with Crippen molar-refractivity contribution in [1.29, 1.82) is 0 Å². The van der Waals surface area contributed by atoms with Gasteiger partial charge in [-0.2, -0.15) is 0 Å². The van der Waals surface area contributed by atoms with Crippen molar-refractivity contribution >= 4 is 53.6 Å². The fourth-order valence-corrected chi connectivity index (χ4v) is 8.68. The van der Waals surface area contributed by atoms with E-state index in [0.29, 0.717) is 56.9 Å². The van der Waals surface area contributed by atoms with Gasteiger partial charge in [0.2, 0.25) is 6.79 Å². The lowest BCUT2D eigenvalue weighted by Gasteiger charge is -2.22. The SMILES string of the molecule is CCC(=O)OCOC(=O)C(CC(=O)O)C(C)CC.CCC(C)C(=O)OCC(C)c1ccccc1.CCC(C)C(CC(=O)OCC(C)c1ccccc1)C(=O)OCC(C)c1ccccc1.CCc1ccc(C(=O)OCC(C)CC)cc1.CCc1ccc(NC(=O)OCC(C)CC)cc1. The second kappa shape index (κ2) is 51.0. The Hall–Kier alpha value is -8.34. The van der Waals surface area contributed by atoms with E-state index in [1.165, 1.54) is 16.7 Å². The number of carboxylic acids is 1. The molecule has 0 fully saturated rings. The molecular weight excluding hydrogens is 1230 g/mol. The Morgan fingerprint density at radius 1 is 0.392 bits per heavy atom. The van der Waals surface area contributed by atoms with Crippen molar-refractivity contribution in [2.24, 2.45) is 41.4 Å². The molecule has 0 bridgehead atoms. The molecule has 5 rings (SSSR count). The van der Waals surface area contributed by atoms with Crippen LogP contribution in [-0.4, -0.2) is 92.8 Å². The molecule has 5 aromatic carbocycles. The van der Waals surface area contributed by atoms with Gasteiger partial charge in [0.05, 0.1) is 69.2 Å². The second-order valence-electron chi connectivity index (χ2n) is 24.9. The van der Waals surface area contributed by atoms with E-state index in [1.54, 1.807) is 13.8 Å². The molecule has 0 heterocycles. The number of carbonyl (C=O) groups is 8. The molecule has 0 aliphatic heterocycles. The third kappa shape index (κ3) is 37.7. The van der Waals surface area contributed by atoms with Gasteiger partial charge in [-0.3, -0.25) is 34.1 Å². The van der Waals surface area contributed by atoms with E-state index < -0.39 is 36.5 Å². The van der Waals surface area contributed by atoms with E-state index in [4.69, 9.17) is 33.5 Å². The summed E-state index contributed by atoms with van der Waals surface area (Å²) < 4.78 is 36.0. The van der Waals surface area contributed by atoms with Crippen LogP contribution in [0.25, 0.3) is 0 Å². The number of rotatable bonds is 34. The first-order chi connectivity index (χ1) is 46.3. The van der Waals surface area contributed by atoms with Crippen LogP contribution in [-0.2, 0) is 74.8 Å². The number of anilines is 1. The highest BCUT2D eigenvalue weighted by molar-refractivity contribution is 5.89. The van der Waals surface area contributed by atoms with Gasteiger partial charge in [-0.15, -0.1) is 0 Å². The lowest BCUT2D eigenvalue weighted by molar-refractivity contribution is -0.173. The van der Waals surface area contributed by atoms with Crippen molar-refractivity contribution < 1.29 is 76.6 Å². The Morgan fingerprint density at radius 2 is 0.794 bits per heavy atom. The molecule has 0 aliphatic carbocycles. The maximum absolute atomic E-state index is 12.7. The van der Waals surface area contributed by atoms with Crippen molar-refractivity contribution in [3.05, 3.63) is 173 Å². The average Bonchev–Trinajstić information content (AvgIpc) is 1.12. The van der Waals surface area contributed by atoms with Crippen LogP contribution in [0.3, 0.4) is 0 Å². The summed E-state index contributed by atoms with van der Waals surface area (Å²) in [6.45, 7) is 33.4. The number of aryl methyl sites for hydroxylation is 2. The highest BCUT2D eigenvalue weighted by Gasteiger charge is 2.31. The van der Waals surface area contributed by atoms with E-state index in [-0.39, 0.29) is 84.7 Å². The minimum Gasteiger partial charge on any atom is -0.481 e. The quantitative estimate of drug-likeness (QED) is 0.0221. The van der Waals surface area contributed by atoms with Crippen LogP contribution < -0.4 is 5.32 Å². The molecule has 10 unspecified atom stereocenters. The number of esters is 6. The predicted octanol–water partition coefficient (Wildman–Crippen LogP) is 18.0. The lowest BCUT2D eigenvalue weighted by atomic mass is 9.89. The number of carboxylic acid groups (broad SMARTS) is 1. The largest absolute Gasteiger partial charge is 0.481 e. The van der Waals surface area contributed by atoms with Crippen LogP contribution in [0.4, 0.5) is 10.5 Å².